The summed E-state index contributed by atoms with van der Waals surface area (Å²) in [7, 11) is 0. The molecule has 0 spiro atoms. The predicted molar refractivity (Wildman–Crippen MR) is 69.0 cm³/mol. The second-order valence-electron chi connectivity index (χ2n) is 4.61. The summed E-state index contributed by atoms with van der Waals surface area (Å²) >= 11 is 5.89. The molecular formula is C12H17ClN2O2. The number of carbonyl (C=O) groups is 1. The minimum atomic E-state index is -0.830. The Balaban J connectivity index is 2.58. The quantitative estimate of drug-likeness (QED) is 0.706. The third-order valence-corrected chi connectivity index (χ3v) is 2.93. The first-order valence-electron chi connectivity index (χ1n) is 5.31. The molecule has 0 heterocycles. The zero-order valence-electron chi connectivity index (χ0n) is 9.96. The van der Waals surface area contributed by atoms with Crippen LogP contribution in [0.5, 0.6) is 0 Å². The largest absolute Gasteiger partial charge is 0.481 e. The summed E-state index contributed by atoms with van der Waals surface area (Å²) in [6.07, 6.45) is 0. The standard InChI is InChI=1S/C12H17ClN2O2/c1-12(2,11(16)17)7-15-6-8-4-3-5-9(13)10(8)14/h3-5,15H,6-7,14H2,1-2H3,(H,16,17). The van der Waals surface area contributed by atoms with Crippen LogP contribution in [0.3, 0.4) is 0 Å². The summed E-state index contributed by atoms with van der Waals surface area (Å²) in [5, 5.41) is 12.5. The van der Waals surface area contributed by atoms with Gasteiger partial charge in [-0.05, 0) is 25.5 Å². The molecule has 0 atom stereocenters. The van der Waals surface area contributed by atoms with Crippen LogP contribution >= 0.6 is 11.6 Å². The smallest absolute Gasteiger partial charge is 0.310 e. The van der Waals surface area contributed by atoms with E-state index in [-0.39, 0.29) is 0 Å². The molecule has 0 saturated carbocycles. The molecule has 0 radical (unpaired) electrons. The molecule has 0 aromatic heterocycles. The fourth-order valence-electron chi connectivity index (χ4n) is 1.32. The molecule has 0 bridgehead atoms. The van der Waals surface area contributed by atoms with E-state index in [2.05, 4.69) is 5.32 Å². The fraction of sp³-hybridized carbons (Fsp3) is 0.417. The summed E-state index contributed by atoms with van der Waals surface area (Å²) in [5.74, 6) is -0.830. The predicted octanol–water partition coefficient (Wildman–Crippen LogP) is 2.12. The molecular weight excluding hydrogens is 240 g/mol. The van der Waals surface area contributed by atoms with E-state index in [4.69, 9.17) is 22.4 Å². The molecule has 1 aromatic rings. The molecule has 0 aliphatic rings. The van der Waals surface area contributed by atoms with Gasteiger partial charge in [-0.25, -0.2) is 0 Å². The number of benzene rings is 1. The van der Waals surface area contributed by atoms with Gasteiger partial charge < -0.3 is 16.2 Å². The molecule has 4 N–H and O–H groups in total. The zero-order valence-corrected chi connectivity index (χ0v) is 10.7. The van der Waals surface area contributed by atoms with Crippen molar-refractivity contribution < 1.29 is 9.90 Å². The molecule has 0 unspecified atom stereocenters. The molecule has 0 fully saturated rings. The maximum atomic E-state index is 10.9. The maximum absolute atomic E-state index is 10.9. The maximum Gasteiger partial charge on any atom is 0.310 e. The highest BCUT2D eigenvalue weighted by Gasteiger charge is 2.26. The van der Waals surface area contributed by atoms with Crippen molar-refractivity contribution in [3.8, 4) is 0 Å². The molecule has 0 saturated heterocycles. The number of nitrogen functional groups attached to an aromatic ring is 1. The molecule has 4 nitrogen and oxygen atoms in total. The third kappa shape index (κ3) is 3.61. The number of carboxylic acids is 1. The second-order valence-corrected chi connectivity index (χ2v) is 5.01. The molecule has 1 aromatic carbocycles. The number of anilines is 1. The van der Waals surface area contributed by atoms with E-state index in [1.165, 1.54) is 0 Å². The van der Waals surface area contributed by atoms with Crippen molar-refractivity contribution in [3.05, 3.63) is 28.8 Å². The zero-order chi connectivity index (χ0) is 13.1. The Kier molecular flexibility index (Phi) is 4.37. The van der Waals surface area contributed by atoms with E-state index in [1.807, 2.05) is 12.1 Å². The van der Waals surface area contributed by atoms with Crippen LogP contribution in [0, 0.1) is 5.41 Å². The molecule has 0 amide bonds. The van der Waals surface area contributed by atoms with Gasteiger partial charge in [0, 0.05) is 13.1 Å². The van der Waals surface area contributed by atoms with Crippen molar-refractivity contribution in [3.63, 3.8) is 0 Å². The van der Waals surface area contributed by atoms with Gasteiger partial charge in [0.05, 0.1) is 16.1 Å². The summed E-state index contributed by atoms with van der Waals surface area (Å²) in [5.41, 5.74) is 6.42. The lowest BCUT2D eigenvalue weighted by molar-refractivity contribution is -0.146. The average Bonchev–Trinajstić information content (AvgIpc) is 2.24. The molecule has 5 heteroatoms. The van der Waals surface area contributed by atoms with Crippen LogP contribution in [0.15, 0.2) is 18.2 Å². The van der Waals surface area contributed by atoms with Crippen molar-refractivity contribution in [2.24, 2.45) is 5.41 Å². The van der Waals surface area contributed by atoms with Crippen LogP contribution in [0.1, 0.15) is 19.4 Å². The van der Waals surface area contributed by atoms with Gasteiger partial charge in [0.25, 0.3) is 0 Å². The number of rotatable bonds is 5. The van der Waals surface area contributed by atoms with Crippen molar-refractivity contribution in [1.29, 1.82) is 0 Å². The molecule has 94 valence electrons. The first-order chi connectivity index (χ1) is 7.84. The van der Waals surface area contributed by atoms with Crippen LogP contribution in [0.25, 0.3) is 0 Å². The topological polar surface area (TPSA) is 75.3 Å². The first kappa shape index (κ1) is 13.8. The fourth-order valence-corrected chi connectivity index (χ4v) is 1.52. The molecule has 0 aliphatic carbocycles. The highest BCUT2D eigenvalue weighted by molar-refractivity contribution is 6.33. The number of carboxylic acid groups (broad SMARTS) is 1. The lowest BCUT2D eigenvalue weighted by Gasteiger charge is -2.20. The van der Waals surface area contributed by atoms with Crippen LogP contribution in [0.4, 0.5) is 5.69 Å². The van der Waals surface area contributed by atoms with Crippen LogP contribution in [0.2, 0.25) is 5.02 Å². The molecule has 17 heavy (non-hydrogen) atoms. The number of para-hydroxylation sites is 1. The van der Waals surface area contributed by atoms with E-state index in [9.17, 15) is 4.79 Å². The normalized spacial score (nSPS) is 11.5. The van der Waals surface area contributed by atoms with Gasteiger partial charge in [-0.1, -0.05) is 23.7 Å². The van der Waals surface area contributed by atoms with Crippen molar-refractivity contribution in [1.82, 2.24) is 5.32 Å². The Hall–Kier alpha value is -1.26. The van der Waals surface area contributed by atoms with Crippen LogP contribution < -0.4 is 11.1 Å². The number of nitrogens with one attached hydrogen (secondary N) is 1. The highest BCUT2D eigenvalue weighted by atomic mass is 35.5. The summed E-state index contributed by atoms with van der Waals surface area (Å²) in [6, 6.07) is 5.40. The lowest BCUT2D eigenvalue weighted by Crippen LogP contribution is -2.35. The summed E-state index contributed by atoms with van der Waals surface area (Å²) in [4.78, 5) is 10.9. The number of hydrogen-bond acceptors (Lipinski definition) is 3. The van der Waals surface area contributed by atoms with Gasteiger partial charge in [-0.15, -0.1) is 0 Å². The Bertz CT molecular complexity index is 419. The Morgan fingerprint density at radius 2 is 2.18 bits per heavy atom. The highest BCUT2D eigenvalue weighted by Crippen LogP contribution is 2.22. The number of nitrogens with two attached hydrogens (primary N) is 1. The average molecular weight is 257 g/mol. The van der Waals surface area contributed by atoms with Crippen molar-refractivity contribution in [2.75, 3.05) is 12.3 Å². The van der Waals surface area contributed by atoms with Gasteiger partial charge in [-0.3, -0.25) is 4.79 Å². The van der Waals surface area contributed by atoms with E-state index in [0.717, 1.165) is 5.56 Å². The lowest BCUT2D eigenvalue weighted by atomic mass is 9.94. The number of aliphatic carboxylic acids is 1. The van der Waals surface area contributed by atoms with E-state index >= 15 is 0 Å². The van der Waals surface area contributed by atoms with Gasteiger partial charge >= 0.3 is 5.97 Å². The number of hydrogen-bond donors (Lipinski definition) is 3. The third-order valence-electron chi connectivity index (χ3n) is 2.60. The van der Waals surface area contributed by atoms with Gasteiger partial charge in [0.15, 0.2) is 0 Å². The van der Waals surface area contributed by atoms with Crippen LogP contribution in [-0.4, -0.2) is 17.6 Å². The summed E-state index contributed by atoms with van der Waals surface area (Å²) < 4.78 is 0. The van der Waals surface area contributed by atoms with Crippen molar-refractivity contribution >= 4 is 23.3 Å². The number of halogens is 1. The monoisotopic (exact) mass is 256 g/mol. The second kappa shape index (κ2) is 5.38. The van der Waals surface area contributed by atoms with Gasteiger partial charge in [0.1, 0.15) is 0 Å². The minimum Gasteiger partial charge on any atom is -0.481 e. The minimum absolute atomic E-state index is 0.369. The summed E-state index contributed by atoms with van der Waals surface area (Å²) in [6.45, 7) is 4.21. The first-order valence-corrected chi connectivity index (χ1v) is 5.69. The molecule has 1 rings (SSSR count). The Labute approximate surface area is 106 Å². The van der Waals surface area contributed by atoms with Gasteiger partial charge in [-0.2, -0.15) is 0 Å². The van der Waals surface area contributed by atoms with Crippen molar-refractivity contribution in [2.45, 2.75) is 20.4 Å². The van der Waals surface area contributed by atoms with E-state index in [1.54, 1.807) is 19.9 Å². The van der Waals surface area contributed by atoms with E-state index in [0.29, 0.717) is 23.8 Å². The molecule has 0 aliphatic heterocycles. The van der Waals surface area contributed by atoms with E-state index < -0.39 is 11.4 Å². The Morgan fingerprint density at radius 3 is 2.76 bits per heavy atom. The van der Waals surface area contributed by atoms with Gasteiger partial charge in [0.2, 0.25) is 0 Å². The SMILES string of the molecule is CC(C)(CNCc1cccc(Cl)c1N)C(=O)O. The Morgan fingerprint density at radius 1 is 1.53 bits per heavy atom. The van der Waals surface area contributed by atoms with Crippen LogP contribution in [-0.2, 0) is 11.3 Å².